The molecule has 5 heteroatoms. The number of carbonyl (C=O) groups is 1. The SMILES string of the molecule is CC(CN)(NC(=O)CSCc1ccc(Cl)cc1)C1CC1. The maximum Gasteiger partial charge on any atom is 0.230 e. The van der Waals surface area contributed by atoms with Gasteiger partial charge in [0.2, 0.25) is 5.91 Å². The van der Waals surface area contributed by atoms with Crippen LogP contribution >= 0.6 is 23.4 Å². The van der Waals surface area contributed by atoms with E-state index in [0.717, 1.165) is 10.8 Å². The molecule has 20 heavy (non-hydrogen) atoms. The molecule has 110 valence electrons. The van der Waals surface area contributed by atoms with E-state index < -0.39 is 0 Å². The average molecular weight is 313 g/mol. The van der Waals surface area contributed by atoms with Crippen molar-refractivity contribution in [1.29, 1.82) is 0 Å². The zero-order valence-electron chi connectivity index (χ0n) is 11.7. The van der Waals surface area contributed by atoms with Crippen LogP contribution < -0.4 is 11.1 Å². The fourth-order valence-electron chi connectivity index (χ4n) is 2.24. The Bertz CT molecular complexity index is 461. The van der Waals surface area contributed by atoms with Crippen LogP contribution in [0.5, 0.6) is 0 Å². The number of carbonyl (C=O) groups excluding carboxylic acids is 1. The lowest BCUT2D eigenvalue weighted by atomic mass is 9.96. The molecule has 0 heterocycles. The molecule has 1 unspecified atom stereocenters. The van der Waals surface area contributed by atoms with E-state index in [0.29, 0.717) is 18.2 Å². The van der Waals surface area contributed by atoms with Crippen LogP contribution in [0.15, 0.2) is 24.3 Å². The summed E-state index contributed by atoms with van der Waals surface area (Å²) in [4.78, 5) is 12.0. The number of nitrogens with two attached hydrogens (primary N) is 1. The third kappa shape index (κ3) is 4.40. The zero-order valence-corrected chi connectivity index (χ0v) is 13.3. The number of amides is 1. The average Bonchev–Trinajstić information content (AvgIpc) is 3.25. The van der Waals surface area contributed by atoms with Gasteiger partial charge in [-0.2, -0.15) is 0 Å². The van der Waals surface area contributed by atoms with Gasteiger partial charge in [-0.3, -0.25) is 4.79 Å². The number of hydrogen-bond acceptors (Lipinski definition) is 3. The third-order valence-corrected chi connectivity index (χ3v) is 5.00. The standard InChI is InChI=1S/C15H21ClN2OS/c1-15(10-17,12-4-5-12)18-14(19)9-20-8-11-2-6-13(16)7-3-11/h2-3,6-7,12H,4-5,8-10,17H2,1H3,(H,18,19). The van der Waals surface area contributed by atoms with Gasteiger partial charge < -0.3 is 11.1 Å². The molecule has 1 saturated carbocycles. The molecule has 3 N–H and O–H groups in total. The molecule has 1 fully saturated rings. The van der Waals surface area contributed by atoms with E-state index in [1.54, 1.807) is 11.8 Å². The molecule has 1 aliphatic carbocycles. The first-order valence-electron chi connectivity index (χ1n) is 6.87. The Morgan fingerprint density at radius 3 is 2.65 bits per heavy atom. The van der Waals surface area contributed by atoms with Crippen LogP contribution in [0.3, 0.4) is 0 Å². The maximum atomic E-state index is 12.0. The summed E-state index contributed by atoms with van der Waals surface area (Å²) in [7, 11) is 0. The number of halogens is 1. The van der Waals surface area contributed by atoms with Crippen LogP contribution in [-0.2, 0) is 10.5 Å². The molecular weight excluding hydrogens is 292 g/mol. The first-order chi connectivity index (χ1) is 9.53. The lowest BCUT2D eigenvalue weighted by Crippen LogP contribution is -2.53. The van der Waals surface area contributed by atoms with Gasteiger partial charge in [0.25, 0.3) is 0 Å². The minimum Gasteiger partial charge on any atom is -0.349 e. The van der Waals surface area contributed by atoms with Crippen LogP contribution in [0.25, 0.3) is 0 Å². The summed E-state index contributed by atoms with van der Waals surface area (Å²) < 4.78 is 0. The first kappa shape index (κ1) is 15.7. The predicted molar refractivity (Wildman–Crippen MR) is 85.9 cm³/mol. The van der Waals surface area contributed by atoms with E-state index in [-0.39, 0.29) is 11.4 Å². The monoisotopic (exact) mass is 312 g/mol. The van der Waals surface area contributed by atoms with Gasteiger partial charge in [0.05, 0.1) is 11.3 Å². The quantitative estimate of drug-likeness (QED) is 0.814. The van der Waals surface area contributed by atoms with Crippen LogP contribution in [0.1, 0.15) is 25.3 Å². The van der Waals surface area contributed by atoms with Gasteiger partial charge in [-0.25, -0.2) is 0 Å². The van der Waals surface area contributed by atoms with Gasteiger partial charge in [-0.15, -0.1) is 11.8 Å². The lowest BCUT2D eigenvalue weighted by Gasteiger charge is -2.29. The van der Waals surface area contributed by atoms with Crippen LogP contribution in [0.4, 0.5) is 0 Å². The highest BCUT2D eigenvalue weighted by Gasteiger charge is 2.41. The van der Waals surface area contributed by atoms with Crippen molar-refractivity contribution in [1.82, 2.24) is 5.32 Å². The zero-order chi connectivity index (χ0) is 14.6. The van der Waals surface area contributed by atoms with E-state index in [1.165, 1.54) is 18.4 Å². The molecule has 0 aliphatic heterocycles. The van der Waals surface area contributed by atoms with Crippen molar-refractivity contribution in [2.24, 2.45) is 11.7 Å². The Hall–Kier alpha value is -0.710. The largest absolute Gasteiger partial charge is 0.349 e. The topological polar surface area (TPSA) is 55.1 Å². The molecule has 1 aliphatic rings. The van der Waals surface area contributed by atoms with Gasteiger partial charge in [-0.05, 0) is 43.4 Å². The second-order valence-corrected chi connectivity index (χ2v) is 6.99. The molecule has 1 atom stereocenters. The Morgan fingerprint density at radius 2 is 2.10 bits per heavy atom. The minimum atomic E-state index is -0.224. The van der Waals surface area contributed by atoms with Gasteiger partial charge in [0.1, 0.15) is 0 Å². The molecule has 1 aromatic carbocycles. The summed E-state index contributed by atoms with van der Waals surface area (Å²) in [5, 5.41) is 3.83. The number of hydrogen-bond donors (Lipinski definition) is 2. The lowest BCUT2D eigenvalue weighted by molar-refractivity contribution is -0.120. The van der Waals surface area contributed by atoms with Crippen molar-refractivity contribution >= 4 is 29.3 Å². The van der Waals surface area contributed by atoms with Gasteiger partial charge in [-0.1, -0.05) is 23.7 Å². The summed E-state index contributed by atoms with van der Waals surface area (Å²) in [5.74, 6) is 1.90. The molecule has 3 nitrogen and oxygen atoms in total. The van der Waals surface area contributed by atoms with Crippen LogP contribution in [0, 0.1) is 5.92 Å². The van der Waals surface area contributed by atoms with Crippen molar-refractivity contribution in [3.8, 4) is 0 Å². The van der Waals surface area contributed by atoms with Crippen molar-refractivity contribution in [2.75, 3.05) is 12.3 Å². The molecular formula is C15H21ClN2OS. The second-order valence-electron chi connectivity index (χ2n) is 5.56. The van der Waals surface area contributed by atoms with Crippen molar-refractivity contribution in [2.45, 2.75) is 31.1 Å². The molecule has 1 aromatic rings. The second kappa shape index (κ2) is 6.83. The number of thioether (sulfide) groups is 1. The fraction of sp³-hybridized carbons (Fsp3) is 0.533. The molecule has 0 spiro atoms. The van der Waals surface area contributed by atoms with Gasteiger partial charge in [0.15, 0.2) is 0 Å². The Balaban J connectivity index is 1.73. The normalized spacial score (nSPS) is 17.6. The number of benzene rings is 1. The number of rotatable bonds is 7. The van der Waals surface area contributed by atoms with E-state index >= 15 is 0 Å². The Labute approximate surface area is 129 Å². The molecule has 2 rings (SSSR count). The highest BCUT2D eigenvalue weighted by atomic mass is 35.5. The summed E-state index contributed by atoms with van der Waals surface area (Å²) in [6.45, 7) is 2.55. The van der Waals surface area contributed by atoms with Crippen molar-refractivity contribution in [3.05, 3.63) is 34.9 Å². The van der Waals surface area contributed by atoms with Crippen molar-refractivity contribution in [3.63, 3.8) is 0 Å². The minimum absolute atomic E-state index is 0.0730. The summed E-state index contributed by atoms with van der Waals surface area (Å²) in [6, 6.07) is 7.72. The van der Waals surface area contributed by atoms with Gasteiger partial charge >= 0.3 is 0 Å². The van der Waals surface area contributed by atoms with Crippen LogP contribution in [0.2, 0.25) is 5.02 Å². The predicted octanol–water partition coefficient (Wildman–Crippen LogP) is 2.82. The highest BCUT2D eigenvalue weighted by Crippen LogP contribution is 2.38. The van der Waals surface area contributed by atoms with Gasteiger partial charge in [0, 0.05) is 17.3 Å². The molecule has 0 saturated heterocycles. The molecule has 0 bridgehead atoms. The fourth-order valence-corrected chi connectivity index (χ4v) is 3.15. The summed E-state index contributed by atoms with van der Waals surface area (Å²) in [5.41, 5.74) is 6.75. The Morgan fingerprint density at radius 1 is 1.45 bits per heavy atom. The van der Waals surface area contributed by atoms with E-state index in [4.69, 9.17) is 17.3 Å². The highest BCUT2D eigenvalue weighted by molar-refractivity contribution is 7.99. The number of nitrogens with one attached hydrogen (secondary N) is 1. The smallest absolute Gasteiger partial charge is 0.230 e. The molecule has 0 aromatic heterocycles. The molecule has 1 amide bonds. The van der Waals surface area contributed by atoms with E-state index in [9.17, 15) is 4.79 Å². The molecule has 0 radical (unpaired) electrons. The van der Waals surface area contributed by atoms with E-state index in [1.807, 2.05) is 31.2 Å². The summed E-state index contributed by atoms with van der Waals surface area (Å²) >= 11 is 7.45. The van der Waals surface area contributed by atoms with Crippen LogP contribution in [-0.4, -0.2) is 23.7 Å². The Kier molecular flexibility index (Phi) is 5.35. The maximum absolute atomic E-state index is 12.0. The summed E-state index contributed by atoms with van der Waals surface area (Å²) in [6.07, 6.45) is 2.35. The van der Waals surface area contributed by atoms with E-state index in [2.05, 4.69) is 5.32 Å². The third-order valence-electron chi connectivity index (χ3n) is 3.74. The van der Waals surface area contributed by atoms with Crippen molar-refractivity contribution < 1.29 is 4.79 Å². The first-order valence-corrected chi connectivity index (χ1v) is 8.40.